The number of phenols is 1. The quantitative estimate of drug-likeness (QED) is 0.839. The van der Waals surface area contributed by atoms with Crippen molar-refractivity contribution in [2.45, 2.75) is 10.7 Å². The Bertz CT molecular complexity index is 620. The van der Waals surface area contributed by atoms with E-state index in [0.717, 1.165) is 0 Å². The van der Waals surface area contributed by atoms with Crippen LogP contribution in [0.3, 0.4) is 0 Å². The highest BCUT2D eigenvalue weighted by Gasteiger charge is 2.14. The van der Waals surface area contributed by atoms with Gasteiger partial charge in [-0.2, -0.15) is 8.78 Å². The zero-order valence-corrected chi connectivity index (χ0v) is 11.0. The predicted octanol–water partition coefficient (Wildman–Crippen LogP) is 3.96. The lowest BCUT2D eigenvalue weighted by atomic mass is 10.2. The second kappa shape index (κ2) is 6.38. The van der Waals surface area contributed by atoms with Gasteiger partial charge < -0.3 is 10.4 Å². The van der Waals surface area contributed by atoms with E-state index in [-0.39, 0.29) is 21.9 Å². The molecule has 0 aliphatic carbocycles. The zero-order valence-electron chi connectivity index (χ0n) is 10.2. The maximum atomic E-state index is 12.4. The van der Waals surface area contributed by atoms with Crippen LogP contribution in [-0.2, 0) is 0 Å². The van der Waals surface area contributed by atoms with Gasteiger partial charge in [0.15, 0.2) is 0 Å². The lowest BCUT2D eigenvalue weighted by molar-refractivity contribution is 0.102. The fraction of sp³-hybridized carbons (Fsp3) is 0.0714. The third-order valence-corrected chi connectivity index (χ3v) is 3.29. The van der Waals surface area contributed by atoms with E-state index in [1.54, 1.807) is 24.3 Å². The molecule has 0 unspecified atom stereocenters. The molecular formula is C14H11F2NO2S. The van der Waals surface area contributed by atoms with Gasteiger partial charge in [-0.15, -0.1) is 0 Å². The van der Waals surface area contributed by atoms with E-state index < -0.39 is 11.7 Å². The number of para-hydroxylation sites is 2. The minimum absolute atomic E-state index is 0.0874. The number of anilines is 1. The van der Waals surface area contributed by atoms with Gasteiger partial charge in [-0.05, 0) is 24.3 Å². The van der Waals surface area contributed by atoms with Crippen molar-refractivity contribution in [3.8, 4) is 5.75 Å². The molecule has 0 heterocycles. The van der Waals surface area contributed by atoms with Gasteiger partial charge in [-0.1, -0.05) is 36.0 Å². The maximum Gasteiger partial charge on any atom is 0.288 e. The van der Waals surface area contributed by atoms with E-state index >= 15 is 0 Å². The average Bonchev–Trinajstić information content (AvgIpc) is 2.41. The summed E-state index contributed by atoms with van der Waals surface area (Å²) in [4.78, 5) is 12.3. The maximum absolute atomic E-state index is 12.4. The van der Waals surface area contributed by atoms with Crippen molar-refractivity contribution >= 4 is 23.4 Å². The Morgan fingerprint density at radius 2 is 1.75 bits per heavy atom. The molecule has 3 nitrogen and oxygen atoms in total. The van der Waals surface area contributed by atoms with E-state index in [9.17, 15) is 18.7 Å². The zero-order chi connectivity index (χ0) is 14.5. The molecule has 0 saturated carbocycles. The number of phenolic OH excluding ortho intramolecular Hbond substituents is 1. The van der Waals surface area contributed by atoms with Crippen molar-refractivity contribution in [1.29, 1.82) is 0 Å². The molecule has 2 rings (SSSR count). The van der Waals surface area contributed by atoms with Crippen LogP contribution in [0.2, 0.25) is 0 Å². The lowest BCUT2D eigenvalue weighted by Crippen LogP contribution is -2.12. The van der Waals surface area contributed by atoms with Crippen molar-refractivity contribution in [3.05, 3.63) is 54.1 Å². The number of benzene rings is 2. The monoisotopic (exact) mass is 295 g/mol. The Kier molecular flexibility index (Phi) is 4.57. The Hall–Kier alpha value is -2.08. The lowest BCUT2D eigenvalue weighted by Gasteiger charge is -2.10. The molecule has 0 atom stereocenters. The van der Waals surface area contributed by atoms with Crippen LogP contribution in [0, 0.1) is 0 Å². The molecule has 2 aromatic rings. The summed E-state index contributed by atoms with van der Waals surface area (Å²) in [7, 11) is 0. The molecule has 0 saturated heterocycles. The number of carbonyl (C=O) groups excluding carboxylic acids is 1. The number of halogens is 2. The Morgan fingerprint density at radius 3 is 2.45 bits per heavy atom. The molecule has 0 aliphatic rings. The number of thioether (sulfide) groups is 1. The van der Waals surface area contributed by atoms with Crippen molar-refractivity contribution in [2.75, 3.05) is 5.32 Å². The molecule has 2 aromatic carbocycles. The molecule has 104 valence electrons. The van der Waals surface area contributed by atoms with Crippen LogP contribution in [0.25, 0.3) is 0 Å². The number of hydrogen-bond acceptors (Lipinski definition) is 3. The molecule has 0 radical (unpaired) electrons. The summed E-state index contributed by atoms with van der Waals surface area (Å²) >= 11 is 0.356. The van der Waals surface area contributed by atoms with E-state index in [4.69, 9.17) is 0 Å². The number of carbonyl (C=O) groups is 1. The van der Waals surface area contributed by atoms with Crippen LogP contribution in [0.5, 0.6) is 5.75 Å². The number of aromatic hydroxyl groups is 1. The third-order valence-electron chi connectivity index (χ3n) is 2.50. The second-order valence-electron chi connectivity index (χ2n) is 3.85. The molecule has 0 fully saturated rings. The number of rotatable bonds is 4. The summed E-state index contributed by atoms with van der Waals surface area (Å²) in [6, 6.07) is 12.3. The fourth-order valence-electron chi connectivity index (χ4n) is 1.62. The van der Waals surface area contributed by atoms with E-state index in [2.05, 4.69) is 5.32 Å². The van der Waals surface area contributed by atoms with E-state index in [1.807, 2.05) is 0 Å². The van der Waals surface area contributed by atoms with Crippen LogP contribution >= 0.6 is 11.8 Å². The van der Waals surface area contributed by atoms with Crippen LogP contribution in [0.15, 0.2) is 53.4 Å². The number of nitrogens with one attached hydrogen (secondary N) is 1. The molecule has 0 spiro atoms. The molecule has 1 amide bonds. The highest BCUT2D eigenvalue weighted by atomic mass is 32.2. The SMILES string of the molecule is O=C(Nc1ccccc1SC(F)F)c1ccccc1O. The van der Waals surface area contributed by atoms with Crippen LogP contribution in [0.4, 0.5) is 14.5 Å². The standard InChI is InChI=1S/C14H11F2NO2S/c15-14(16)20-12-8-4-2-6-10(12)17-13(19)9-5-1-3-7-11(9)18/h1-8,14,18H,(H,17,19). The summed E-state index contributed by atoms with van der Waals surface area (Å²) in [5, 5.41) is 12.1. The predicted molar refractivity (Wildman–Crippen MR) is 74.4 cm³/mol. The molecule has 0 bridgehead atoms. The Balaban J connectivity index is 2.22. The Morgan fingerprint density at radius 1 is 1.10 bits per heavy atom. The molecule has 0 aromatic heterocycles. The van der Waals surface area contributed by atoms with Crippen molar-refractivity contribution in [3.63, 3.8) is 0 Å². The third kappa shape index (κ3) is 3.48. The van der Waals surface area contributed by atoms with Crippen LogP contribution in [0.1, 0.15) is 10.4 Å². The molecule has 20 heavy (non-hydrogen) atoms. The normalized spacial score (nSPS) is 10.6. The molecule has 6 heteroatoms. The van der Waals surface area contributed by atoms with Gasteiger partial charge in [0.2, 0.25) is 0 Å². The van der Waals surface area contributed by atoms with Gasteiger partial charge >= 0.3 is 0 Å². The highest BCUT2D eigenvalue weighted by molar-refractivity contribution is 7.99. The Labute approximate surface area is 118 Å². The molecule has 0 aliphatic heterocycles. The topological polar surface area (TPSA) is 49.3 Å². The first-order chi connectivity index (χ1) is 9.58. The second-order valence-corrected chi connectivity index (χ2v) is 4.88. The van der Waals surface area contributed by atoms with Crippen LogP contribution < -0.4 is 5.32 Å². The van der Waals surface area contributed by atoms with Crippen molar-refractivity contribution in [2.24, 2.45) is 0 Å². The minimum atomic E-state index is -2.57. The van der Waals surface area contributed by atoms with Gasteiger partial charge in [0, 0.05) is 4.90 Å². The number of alkyl halides is 2. The number of hydrogen-bond donors (Lipinski definition) is 2. The van der Waals surface area contributed by atoms with Gasteiger partial charge in [0.1, 0.15) is 5.75 Å². The fourth-order valence-corrected chi connectivity index (χ4v) is 2.22. The smallest absolute Gasteiger partial charge is 0.288 e. The van der Waals surface area contributed by atoms with Gasteiger partial charge in [-0.3, -0.25) is 4.79 Å². The number of amides is 1. The summed E-state index contributed by atoms with van der Waals surface area (Å²) < 4.78 is 24.9. The van der Waals surface area contributed by atoms with Crippen molar-refractivity contribution in [1.82, 2.24) is 0 Å². The molecular weight excluding hydrogens is 284 g/mol. The minimum Gasteiger partial charge on any atom is -0.507 e. The van der Waals surface area contributed by atoms with E-state index in [0.29, 0.717) is 11.8 Å². The van der Waals surface area contributed by atoms with Gasteiger partial charge in [0.25, 0.3) is 11.7 Å². The van der Waals surface area contributed by atoms with Gasteiger partial charge in [-0.25, -0.2) is 0 Å². The summed E-state index contributed by atoms with van der Waals surface area (Å²) in [6.45, 7) is 0. The van der Waals surface area contributed by atoms with E-state index in [1.165, 1.54) is 24.3 Å². The summed E-state index contributed by atoms with van der Waals surface area (Å²) in [5.74, 6) is -3.28. The van der Waals surface area contributed by atoms with Crippen molar-refractivity contribution < 1.29 is 18.7 Å². The first-order valence-corrected chi connectivity index (χ1v) is 6.59. The highest BCUT2D eigenvalue weighted by Crippen LogP contribution is 2.32. The van der Waals surface area contributed by atoms with Crippen LogP contribution in [-0.4, -0.2) is 16.8 Å². The van der Waals surface area contributed by atoms with Gasteiger partial charge in [0.05, 0.1) is 11.3 Å². The molecule has 2 N–H and O–H groups in total. The summed E-state index contributed by atoms with van der Waals surface area (Å²) in [5.41, 5.74) is 0.371. The average molecular weight is 295 g/mol. The largest absolute Gasteiger partial charge is 0.507 e. The summed E-state index contributed by atoms with van der Waals surface area (Å²) in [6.07, 6.45) is 0. The first-order valence-electron chi connectivity index (χ1n) is 5.71. The first kappa shape index (κ1) is 14.3.